The minimum atomic E-state index is -0.156. The lowest BCUT2D eigenvalue weighted by Gasteiger charge is -2.12. The Morgan fingerprint density at radius 3 is 2.96 bits per heavy atom. The highest BCUT2D eigenvalue weighted by Gasteiger charge is 2.13. The molecule has 9 nitrogen and oxygen atoms in total. The van der Waals surface area contributed by atoms with Crippen molar-refractivity contribution in [2.24, 2.45) is 0 Å². The first-order valence-corrected chi connectivity index (χ1v) is 8.28. The quantitative estimate of drug-likeness (QED) is 0.688. The number of nitrogens with zero attached hydrogens (tertiary/aromatic N) is 6. The van der Waals surface area contributed by atoms with Gasteiger partial charge in [0.15, 0.2) is 0 Å². The molecule has 0 aliphatic heterocycles. The van der Waals surface area contributed by atoms with Crippen LogP contribution < -0.4 is 10.1 Å². The summed E-state index contributed by atoms with van der Waals surface area (Å²) in [5, 5.41) is 18.5. The van der Waals surface area contributed by atoms with E-state index in [1.165, 1.54) is 0 Å². The smallest absolute Gasteiger partial charge is 0.222 e. The lowest BCUT2D eigenvalue weighted by atomic mass is 10.2. The second kappa shape index (κ2) is 7.77. The Morgan fingerprint density at radius 2 is 2.23 bits per heavy atom. The van der Waals surface area contributed by atoms with Gasteiger partial charge >= 0.3 is 0 Å². The Balaban J connectivity index is 1.59. The van der Waals surface area contributed by atoms with E-state index >= 15 is 0 Å². The summed E-state index contributed by atoms with van der Waals surface area (Å²) in [7, 11) is 1.63. The highest BCUT2D eigenvalue weighted by Crippen LogP contribution is 2.18. The molecule has 0 radical (unpaired) electrons. The van der Waals surface area contributed by atoms with Crippen LogP contribution in [-0.4, -0.2) is 43.0 Å². The second-order valence-corrected chi connectivity index (χ2v) is 5.91. The molecule has 3 aromatic rings. The summed E-state index contributed by atoms with van der Waals surface area (Å²) >= 11 is 0. The van der Waals surface area contributed by atoms with Crippen LogP contribution in [0.2, 0.25) is 0 Å². The molecule has 0 fully saturated rings. The summed E-state index contributed by atoms with van der Waals surface area (Å²) in [5.41, 5.74) is 1.81. The number of methoxy groups -OCH3 is 1. The number of carbonyl (C=O) groups is 1. The Kier molecular flexibility index (Phi) is 5.26. The number of benzene rings is 1. The minimum absolute atomic E-state index is 0.0680. The fourth-order valence-electron chi connectivity index (χ4n) is 2.51. The number of hydrogen-bond donors (Lipinski definition) is 1. The van der Waals surface area contributed by atoms with Gasteiger partial charge in [-0.15, -0.1) is 5.10 Å². The van der Waals surface area contributed by atoms with Crippen LogP contribution >= 0.6 is 0 Å². The molecule has 0 bridgehead atoms. The molecule has 1 N–H and O–H groups in total. The van der Waals surface area contributed by atoms with Crippen LogP contribution in [0.3, 0.4) is 0 Å². The molecule has 0 unspecified atom stereocenters. The number of hydrogen-bond acceptors (Lipinski definition) is 6. The van der Waals surface area contributed by atoms with Crippen molar-refractivity contribution in [1.82, 2.24) is 35.3 Å². The van der Waals surface area contributed by atoms with Gasteiger partial charge in [-0.1, -0.05) is 6.07 Å². The lowest BCUT2D eigenvalue weighted by molar-refractivity contribution is -0.122. The maximum absolute atomic E-state index is 12.2. The van der Waals surface area contributed by atoms with Gasteiger partial charge in [0.2, 0.25) is 5.91 Å². The normalized spacial score (nSPS) is 12.0. The fourth-order valence-corrected chi connectivity index (χ4v) is 2.51. The molecule has 0 saturated carbocycles. The molecule has 1 aromatic carbocycles. The molecule has 0 saturated heterocycles. The van der Waals surface area contributed by atoms with E-state index in [1.54, 1.807) is 29.6 Å². The summed E-state index contributed by atoms with van der Waals surface area (Å²) in [5.74, 6) is 1.38. The Hall–Kier alpha value is -3.23. The number of carbonyl (C=O) groups excluding carboxylic acids is 1. The third-order valence-electron chi connectivity index (χ3n) is 4.06. The van der Waals surface area contributed by atoms with Crippen LogP contribution in [0.4, 0.5) is 0 Å². The molecule has 26 heavy (non-hydrogen) atoms. The molecule has 3 rings (SSSR count). The van der Waals surface area contributed by atoms with Crippen molar-refractivity contribution in [3.8, 4) is 11.4 Å². The minimum Gasteiger partial charge on any atom is -0.497 e. The van der Waals surface area contributed by atoms with Crippen molar-refractivity contribution in [3.63, 3.8) is 0 Å². The molecule has 136 valence electrons. The van der Waals surface area contributed by atoms with Crippen LogP contribution in [0.5, 0.6) is 5.75 Å². The van der Waals surface area contributed by atoms with Crippen LogP contribution in [0, 0.1) is 6.92 Å². The summed E-state index contributed by atoms with van der Waals surface area (Å²) in [6.45, 7) is 4.17. The monoisotopic (exact) mass is 355 g/mol. The third kappa shape index (κ3) is 4.05. The second-order valence-electron chi connectivity index (χ2n) is 5.91. The fraction of sp³-hybridized carbons (Fsp3) is 0.353. The topological polar surface area (TPSA) is 99.8 Å². The van der Waals surface area contributed by atoms with E-state index in [-0.39, 0.29) is 11.9 Å². The molecule has 0 aliphatic carbocycles. The first-order valence-electron chi connectivity index (χ1n) is 8.28. The average molecular weight is 355 g/mol. The van der Waals surface area contributed by atoms with Gasteiger partial charge in [0.1, 0.15) is 11.6 Å². The van der Waals surface area contributed by atoms with E-state index in [2.05, 4.69) is 25.9 Å². The molecule has 9 heteroatoms. The molecule has 2 aromatic heterocycles. The number of tetrazole rings is 1. The molecular weight excluding hydrogens is 334 g/mol. The predicted molar refractivity (Wildman–Crippen MR) is 93.8 cm³/mol. The predicted octanol–water partition coefficient (Wildman–Crippen LogP) is 1.44. The summed E-state index contributed by atoms with van der Waals surface area (Å²) in [6, 6.07) is 7.47. The van der Waals surface area contributed by atoms with Gasteiger partial charge in [-0.05, 0) is 36.4 Å². The Labute approximate surface area is 151 Å². The molecule has 0 aliphatic rings. The number of nitrogens with one attached hydrogen (secondary N) is 1. The van der Waals surface area contributed by atoms with Crippen molar-refractivity contribution >= 4 is 5.91 Å². The van der Waals surface area contributed by atoms with Gasteiger partial charge in [0, 0.05) is 24.2 Å². The number of amides is 1. The summed E-state index contributed by atoms with van der Waals surface area (Å²) in [4.78, 5) is 12.2. The maximum Gasteiger partial charge on any atom is 0.222 e. The van der Waals surface area contributed by atoms with E-state index in [0.717, 1.165) is 17.0 Å². The van der Waals surface area contributed by atoms with Crippen molar-refractivity contribution in [2.75, 3.05) is 7.11 Å². The van der Waals surface area contributed by atoms with Crippen LogP contribution in [0.15, 0.2) is 36.7 Å². The zero-order chi connectivity index (χ0) is 18.5. The lowest BCUT2D eigenvalue weighted by Crippen LogP contribution is -2.27. The number of ether oxygens (including phenoxy) is 1. The van der Waals surface area contributed by atoms with Gasteiger partial charge in [0.05, 0.1) is 31.6 Å². The highest BCUT2D eigenvalue weighted by atomic mass is 16.5. The third-order valence-corrected chi connectivity index (χ3v) is 4.06. The SMILES string of the molecule is COc1cccc(-n2cc([C@H](C)NC(=O)CCn3nnnc3C)cn2)c1. The largest absolute Gasteiger partial charge is 0.497 e. The first kappa shape index (κ1) is 17.6. The van der Waals surface area contributed by atoms with Crippen molar-refractivity contribution in [3.05, 3.63) is 48.0 Å². The van der Waals surface area contributed by atoms with Gasteiger partial charge in [-0.3, -0.25) is 4.79 Å². The maximum atomic E-state index is 12.2. The van der Waals surface area contributed by atoms with Crippen molar-refractivity contribution in [2.45, 2.75) is 32.9 Å². The highest BCUT2D eigenvalue weighted by molar-refractivity contribution is 5.76. The summed E-state index contributed by atoms with van der Waals surface area (Å²) in [6.07, 6.45) is 3.95. The van der Waals surface area contributed by atoms with E-state index in [0.29, 0.717) is 18.8 Å². The first-order chi connectivity index (χ1) is 12.6. The van der Waals surface area contributed by atoms with Gasteiger partial charge in [-0.25, -0.2) is 9.36 Å². The van der Waals surface area contributed by atoms with Crippen molar-refractivity contribution < 1.29 is 9.53 Å². The standard InChI is InChI=1S/C17H21N7O2/c1-12(19-17(25)7-8-23-13(2)20-21-22-23)14-10-18-24(11-14)15-5-4-6-16(9-15)26-3/h4-6,9-12H,7-8H2,1-3H3,(H,19,25)/t12-/m0/s1. The average Bonchev–Trinajstić information content (AvgIpc) is 3.29. The van der Waals surface area contributed by atoms with E-state index in [1.807, 2.05) is 37.4 Å². The van der Waals surface area contributed by atoms with Gasteiger partial charge in [0.25, 0.3) is 0 Å². The van der Waals surface area contributed by atoms with Gasteiger partial charge in [-0.2, -0.15) is 5.10 Å². The molecular formula is C17H21N7O2. The molecule has 1 atom stereocenters. The number of aryl methyl sites for hydroxylation is 2. The zero-order valence-corrected chi connectivity index (χ0v) is 15.0. The van der Waals surface area contributed by atoms with Gasteiger partial charge < -0.3 is 10.1 Å². The van der Waals surface area contributed by atoms with Crippen LogP contribution in [-0.2, 0) is 11.3 Å². The van der Waals surface area contributed by atoms with Crippen molar-refractivity contribution in [1.29, 1.82) is 0 Å². The summed E-state index contributed by atoms with van der Waals surface area (Å²) < 4.78 is 8.59. The molecule has 0 spiro atoms. The molecule has 2 heterocycles. The Bertz CT molecular complexity index is 887. The van der Waals surface area contributed by atoms with E-state index < -0.39 is 0 Å². The van der Waals surface area contributed by atoms with E-state index in [9.17, 15) is 4.79 Å². The van der Waals surface area contributed by atoms with E-state index in [4.69, 9.17) is 4.74 Å². The van der Waals surface area contributed by atoms with Crippen LogP contribution in [0.1, 0.15) is 30.8 Å². The Morgan fingerprint density at radius 1 is 1.38 bits per heavy atom. The number of aromatic nitrogens is 6. The van der Waals surface area contributed by atoms with Crippen LogP contribution in [0.25, 0.3) is 5.69 Å². The molecule has 1 amide bonds. The number of rotatable bonds is 7. The zero-order valence-electron chi connectivity index (χ0n) is 15.0.